The number of anilines is 1. The third-order valence-electron chi connectivity index (χ3n) is 5.99. The maximum absolute atomic E-state index is 13.4. The average molecular weight is 531 g/mol. The first-order valence-electron chi connectivity index (χ1n) is 12.4. The molecule has 39 heavy (non-hydrogen) atoms. The van der Waals surface area contributed by atoms with Crippen molar-refractivity contribution in [2.45, 2.75) is 20.0 Å². The summed E-state index contributed by atoms with van der Waals surface area (Å²) in [5.74, 6) is 0.153. The van der Waals surface area contributed by atoms with Gasteiger partial charge in [-0.1, -0.05) is 62.4 Å². The van der Waals surface area contributed by atoms with Gasteiger partial charge in [0.25, 0.3) is 5.91 Å². The van der Waals surface area contributed by atoms with E-state index in [1.165, 1.54) is 10.7 Å². The summed E-state index contributed by atoms with van der Waals surface area (Å²) in [4.78, 5) is 17.4. The lowest BCUT2D eigenvalue weighted by atomic mass is 10.0. The van der Waals surface area contributed by atoms with Crippen molar-refractivity contribution in [1.29, 1.82) is 0 Å². The molecule has 0 bridgehead atoms. The van der Waals surface area contributed by atoms with Gasteiger partial charge in [0.2, 0.25) is 0 Å². The van der Waals surface area contributed by atoms with Crippen LogP contribution in [-0.4, -0.2) is 27.3 Å². The topological polar surface area (TPSA) is 69.0 Å². The molecule has 5 rings (SSSR count). The van der Waals surface area contributed by atoms with Gasteiger partial charge in [-0.3, -0.25) is 4.79 Å². The van der Waals surface area contributed by atoms with Crippen LogP contribution in [0.4, 0.5) is 18.9 Å². The van der Waals surface area contributed by atoms with Gasteiger partial charge in [0, 0.05) is 16.8 Å². The standard InChI is InChI=1S/C30H25F3N4O2/c1-19(2)18-39-29-35-27(21-9-5-10-22(17-21)30(31,32)33)37(36-29)24-15-13-23(14-16-24)34-28(38)26-12-6-8-20-7-3-4-11-25(20)26/h3-17,19H,18H2,1-2H3,(H,34,38). The van der Waals surface area contributed by atoms with Gasteiger partial charge in [-0.2, -0.15) is 18.2 Å². The predicted octanol–water partition coefficient (Wildman–Crippen LogP) is 7.39. The highest BCUT2D eigenvalue weighted by Crippen LogP contribution is 2.33. The molecule has 1 amide bonds. The van der Waals surface area contributed by atoms with Crippen LogP contribution in [0.3, 0.4) is 0 Å². The second-order valence-corrected chi connectivity index (χ2v) is 9.44. The molecular weight excluding hydrogens is 505 g/mol. The lowest BCUT2D eigenvalue weighted by Gasteiger charge is -2.11. The molecule has 1 heterocycles. The van der Waals surface area contributed by atoms with Gasteiger partial charge in [-0.15, -0.1) is 5.10 Å². The van der Waals surface area contributed by atoms with Gasteiger partial charge in [-0.25, -0.2) is 4.68 Å². The van der Waals surface area contributed by atoms with Crippen LogP contribution in [0.5, 0.6) is 6.01 Å². The second kappa shape index (κ2) is 10.6. The number of rotatable bonds is 7. The van der Waals surface area contributed by atoms with Gasteiger partial charge in [0.15, 0.2) is 5.82 Å². The van der Waals surface area contributed by atoms with E-state index in [0.717, 1.165) is 22.9 Å². The van der Waals surface area contributed by atoms with Gasteiger partial charge in [0.05, 0.1) is 17.9 Å². The number of hydrogen-bond donors (Lipinski definition) is 1. The summed E-state index contributed by atoms with van der Waals surface area (Å²) in [5, 5.41) is 9.12. The van der Waals surface area contributed by atoms with Crippen LogP contribution in [0, 0.1) is 5.92 Å². The molecule has 1 aromatic heterocycles. The van der Waals surface area contributed by atoms with E-state index in [-0.39, 0.29) is 29.2 Å². The summed E-state index contributed by atoms with van der Waals surface area (Å²) in [6.45, 7) is 4.29. The van der Waals surface area contributed by atoms with Crippen molar-refractivity contribution in [2.24, 2.45) is 5.92 Å². The van der Waals surface area contributed by atoms with Crippen LogP contribution in [0.1, 0.15) is 29.8 Å². The van der Waals surface area contributed by atoms with Crippen LogP contribution in [0.15, 0.2) is 91.0 Å². The first-order chi connectivity index (χ1) is 18.7. The van der Waals surface area contributed by atoms with Crippen molar-refractivity contribution in [3.63, 3.8) is 0 Å². The van der Waals surface area contributed by atoms with E-state index in [1.807, 2.05) is 50.2 Å². The fraction of sp³-hybridized carbons (Fsp3) is 0.167. The lowest BCUT2D eigenvalue weighted by Crippen LogP contribution is -2.12. The fourth-order valence-electron chi connectivity index (χ4n) is 4.10. The molecule has 0 aliphatic rings. The number of carbonyl (C=O) groups is 1. The van der Waals surface area contributed by atoms with E-state index in [0.29, 0.717) is 23.5 Å². The average Bonchev–Trinajstić information content (AvgIpc) is 3.36. The zero-order chi connectivity index (χ0) is 27.6. The van der Waals surface area contributed by atoms with E-state index in [9.17, 15) is 18.0 Å². The van der Waals surface area contributed by atoms with Crippen molar-refractivity contribution in [3.8, 4) is 23.1 Å². The Balaban J connectivity index is 1.45. The molecule has 0 saturated heterocycles. The SMILES string of the molecule is CC(C)COc1nc(-c2cccc(C(F)(F)F)c2)n(-c2ccc(NC(=O)c3cccc4ccccc34)cc2)n1. The van der Waals surface area contributed by atoms with Crippen LogP contribution >= 0.6 is 0 Å². The number of aromatic nitrogens is 3. The monoisotopic (exact) mass is 530 g/mol. The minimum atomic E-state index is -4.50. The highest BCUT2D eigenvalue weighted by atomic mass is 19.4. The molecule has 198 valence electrons. The van der Waals surface area contributed by atoms with Crippen LogP contribution in [-0.2, 0) is 6.18 Å². The van der Waals surface area contributed by atoms with Crippen LogP contribution in [0.25, 0.3) is 27.8 Å². The van der Waals surface area contributed by atoms with Crippen molar-refractivity contribution in [2.75, 3.05) is 11.9 Å². The first-order valence-corrected chi connectivity index (χ1v) is 12.4. The molecular formula is C30H25F3N4O2. The van der Waals surface area contributed by atoms with Crippen molar-refractivity contribution in [1.82, 2.24) is 14.8 Å². The number of alkyl halides is 3. The summed E-state index contributed by atoms with van der Waals surface area (Å²) in [6.07, 6.45) is -4.50. The summed E-state index contributed by atoms with van der Waals surface area (Å²) < 4.78 is 47.2. The number of nitrogens with zero attached hydrogens (tertiary/aromatic N) is 3. The molecule has 6 nitrogen and oxygen atoms in total. The second-order valence-electron chi connectivity index (χ2n) is 9.44. The number of hydrogen-bond acceptors (Lipinski definition) is 4. The van der Waals surface area contributed by atoms with Crippen molar-refractivity contribution < 1.29 is 22.7 Å². The Hall–Kier alpha value is -4.66. The Morgan fingerprint density at radius 3 is 2.41 bits per heavy atom. The molecule has 9 heteroatoms. The van der Waals surface area contributed by atoms with Crippen LogP contribution < -0.4 is 10.1 Å². The number of halogens is 3. The smallest absolute Gasteiger partial charge is 0.416 e. The summed E-state index contributed by atoms with van der Waals surface area (Å²) in [7, 11) is 0. The number of fused-ring (bicyclic) bond motifs is 1. The summed E-state index contributed by atoms with van der Waals surface area (Å²) in [6, 6.07) is 25.0. The number of ether oxygens (including phenoxy) is 1. The third kappa shape index (κ3) is 5.77. The number of amides is 1. The summed E-state index contributed by atoms with van der Waals surface area (Å²) >= 11 is 0. The molecule has 0 atom stereocenters. The molecule has 4 aromatic carbocycles. The lowest BCUT2D eigenvalue weighted by molar-refractivity contribution is -0.137. The third-order valence-corrected chi connectivity index (χ3v) is 5.99. The molecule has 0 aliphatic heterocycles. The molecule has 0 spiro atoms. The number of benzene rings is 4. The Kier molecular flexibility index (Phi) is 7.06. The number of carbonyl (C=O) groups excluding carboxylic acids is 1. The predicted molar refractivity (Wildman–Crippen MR) is 144 cm³/mol. The minimum absolute atomic E-state index is 0.0597. The molecule has 0 saturated carbocycles. The van der Waals surface area contributed by atoms with Gasteiger partial charge in [-0.05, 0) is 59.2 Å². The van der Waals surface area contributed by atoms with Crippen LogP contribution in [0.2, 0.25) is 0 Å². The van der Waals surface area contributed by atoms with E-state index in [2.05, 4.69) is 15.4 Å². The van der Waals surface area contributed by atoms with Gasteiger partial charge in [0.1, 0.15) is 0 Å². The van der Waals surface area contributed by atoms with Crippen molar-refractivity contribution >= 4 is 22.4 Å². The quantitative estimate of drug-likeness (QED) is 0.238. The van der Waals surface area contributed by atoms with E-state index in [1.54, 1.807) is 36.4 Å². The summed E-state index contributed by atoms with van der Waals surface area (Å²) in [5.41, 5.74) is 1.09. The first kappa shape index (κ1) is 26.0. The molecule has 0 aliphatic carbocycles. The fourth-order valence-corrected chi connectivity index (χ4v) is 4.10. The zero-order valence-electron chi connectivity index (χ0n) is 21.2. The Morgan fingerprint density at radius 2 is 1.67 bits per heavy atom. The molecule has 0 unspecified atom stereocenters. The maximum atomic E-state index is 13.4. The Morgan fingerprint density at radius 1 is 0.949 bits per heavy atom. The normalized spacial score (nSPS) is 11.6. The van der Waals surface area contributed by atoms with Crippen molar-refractivity contribution in [3.05, 3.63) is 102 Å². The number of nitrogens with one attached hydrogen (secondary N) is 1. The largest absolute Gasteiger partial charge is 0.462 e. The van der Waals surface area contributed by atoms with E-state index >= 15 is 0 Å². The Labute approximate surface area is 223 Å². The van der Waals surface area contributed by atoms with Gasteiger partial charge >= 0.3 is 12.2 Å². The molecule has 1 N–H and O–H groups in total. The molecule has 0 fully saturated rings. The highest BCUT2D eigenvalue weighted by molar-refractivity contribution is 6.12. The maximum Gasteiger partial charge on any atom is 0.416 e. The Bertz CT molecular complexity index is 1620. The highest BCUT2D eigenvalue weighted by Gasteiger charge is 2.31. The minimum Gasteiger partial charge on any atom is -0.462 e. The molecule has 5 aromatic rings. The molecule has 0 radical (unpaired) electrons. The van der Waals surface area contributed by atoms with Gasteiger partial charge < -0.3 is 10.1 Å². The van der Waals surface area contributed by atoms with E-state index < -0.39 is 11.7 Å². The van der Waals surface area contributed by atoms with E-state index in [4.69, 9.17) is 4.74 Å². The zero-order valence-corrected chi connectivity index (χ0v) is 21.2.